The fourth-order valence-electron chi connectivity index (χ4n) is 9.43. The Kier molecular flexibility index (Phi) is 20.5. The van der Waals surface area contributed by atoms with Gasteiger partial charge in [-0.1, -0.05) is 115 Å². The van der Waals surface area contributed by atoms with Gasteiger partial charge < -0.3 is 47.4 Å². The number of hydrogen-bond donors (Lipinski definition) is 0. The van der Waals surface area contributed by atoms with E-state index >= 15 is 0 Å². The van der Waals surface area contributed by atoms with Crippen LogP contribution in [0.1, 0.15) is 92.9 Å². The lowest BCUT2D eigenvalue weighted by Gasteiger charge is -2.22. The van der Waals surface area contributed by atoms with Crippen LogP contribution in [0.25, 0.3) is 0 Å². The lowest BCUT2D eigenvalue weighted by atomic mass is 9.83. The van der Waals surface area contributed by atoms with Crippen molar-refractivity contribution >= 4 is 35.8 Å². The fraction of sp³-hybridized carbons (Fsp3) is 0.720. The van der Waals surface area contributed by atoms with Gasteiger partial charge in [-0.05, 0) is 38.0 Å². The first-order valence-corrected chi connectivity index (χ1v) is 24.0. The summed E-state index contributed by atoms with van der Waals surface area (Å²) in [5.41, 5.74) is 0. The van der Waals surface area contributed by atoms with Crippen molar-refractivity contribution in [2.45, 2.75) is 142 Å². The predicted molar refractivity (Wildman–Crippen MR) is 238 cm³/mol. The van der Waals surface area contributed by atoms with Gasteiger partial charge in [0.15, 0.2) is 0 Å². The molecular formula is C50H72O16. The molecule has 8 bridgehead atoms. The molecule has 8 heterocycles. The van der Waals surface area contributed by atoms with Crippen LogP contribution in [-0.4, -0.2) is 125 Å². The Bertz CT molecular complexity index is 1690. The van der Waals surface area contributed by atoms with Gasteiger partial charge in [0.2, 0.25) is 0 Å². The monoisotopic (exact) mass is 928 g/mol. The lowest BCUT2D eigenvalue weighted by molar-refractivity contribution is -0.160. The third kappa shape index (κ3) is 12.6. The molecule has 4 saturated heterocycles. The topological polar surface area (TPSA) is 195 Å². The summed E-state index contributed by atoms with van der Waals surface area (Å²) < 4.78 is 52.5. The minimum absolute atomic E-state index is 0.301. The molecular weight excluding hydrogens is 857 g/mol. The predicted octanol–water partition coefficient (Wildman–Crippen LogP) is 5.98. The van der Waals surface area contributed by atoms with Crippen molar-refractivity contribution in [1.29, 1.82) is 0 Å². The Hall–Kier alpha value is -4.38. The molecule has 368 valence electrons. The Morgan fingerprint density at radius 2 is 0.636 bits per heavy atom. The van der Waals surface area contributed by atoms with E-state index in [4.69, 9.17) is 37.9 Å². The number of rotatable bonds is 18. The van der Waals surface area contributed by atoms with Gasteiger partial charge in [0.1, 0.15) is 35.5 Å². The Labute approximate surface area is 389 Å². The second-order valence-corrected chi connectivity index (χ2v) is 17.7. The normalized spacial score (nSPS) is 34.7. The third-order valence-corrected chi connectivity index (χ3v) is 13.4. The van der Waals surface area contributed by atoms with Crippen LogP contribution in [0.5, 0.6) is 0 Å². The van der Waals surface area contributed by atoms with Crippen LogP contribution in [0.15, 0.2) is 48.6 Å². The van der Waals surface area contributed by atoms with Crippen LogP contribution in [-0.2, 0) is 76.1 Å². The molecule has 0 N–H and O–H groups in total. The van der Waals surface area contributed by atoms with Gasteiger partial charge in [-0.25, -0.2) is 0 Å². The van der Waals surface area contributed by atoms with E-state index in [1.807, 2.05) is 38.2 Å². The second kappa shape index (κ2) is 25.7. The number of methoxy groups -OCH3 is 2. The summed E-state index contributed by atoms with van der Waals surface area (Å²) in [6.45, 7) is 14.0. The van der Waals surface area contributed by atoms with Crippen LogP contribution in [0.3, 0.4) is 0 Å². The van der Waals surface area contributed by atoms with E-state index in [1.54, 1.807) is 19.1 Å². The molecule has 16 heteroatoms. The van der Waals surface area contributed by atoms with Crippen molar-refractivity contribution in [1.82, 2.24) is 0 Å². The van der Waals surface area contributed by atoms with Gasteiger partial charge in [-0.3, -0.25) is 28.8 Å². The summed E-state index contributed by atoms with van der Waals surface area (Å²) in [4.78, 5) is 71.7. The second-order valence-electron chi connectivity index (χ2n) is 17.7. The van der Waals surface area contributed by atoms with Crippen LogP contribution >= 0.6 is 0 Å². The molecule has 0 aromatic carbocycles. The fourth-order valence-corrected chi connectivity index (χ4v) is 9.43. The van der Waals surface area contributed by atoms with Crippen LogP contribution < -0.4 is 0 Å². The molecule has 0 spiro atoms. The van der Waals surface area contributed by atoms with Crippen molar-refractivity contribution < 1.29 is 76.1 Å². The summed E-state index contributed by atoms with van der Waals surface area (Å²) in [5, 5.41) is 0. The first kappa shape index (κ1) is 52.6. The molecule has 0 radical (unpaired) electrons. The average Bonchev–Trinajstić information content (AvgIpc) is 4.20. The van der Waals surface area contributed by atoms with Crippen LogP contribution in [0.2, 0.25) is 0 Å². The Balaban J connectivity index is 0.000000171. The lowest BCUT2D eigenvalue weighted by Crippen LogP contribution is -2.38. The van der Waals surface area contributed by atoms with Crippen LogP contribution in [0, 0.1) is 47.3 Å². The smallest absolute Gasteiger partial charge is 0.312 e. The molecule has 0 aromatic heterocycles. The average molecular weight is 929 g/mol. The van der Waals surface area contributed by atoms with E-state index < -0.39 is 47.4 Å². The van der Waals surface area contributed by atoms with E-state index in [2.05, 4.69) is 42.4 Å². The van der Waals surface area contributed by atoms with Gasteiger partial charge in [0.25, 0.3) is 0 Å². The molecule has 0 aromatic rings. The van der Waals surface area contributed by atoms with Crippen molar-refractivity contribution in [3.05, 3.63) is 48.6 Å². The van der Waals surface area contributed by atoms with E-state index in [9.17, 15) is 28.8 Å². The number of carbonyl (C=O) groups is 6. The molecule has 16 nitrogen and oxygen atoms in total. The first-order valence-electron chi connectivity index (χ1n) is 24.0. The largest absolute Gasteiger partial charge is 0.469 e. The van der Waals surface area contributed by atoms with Gasteiger partial charge in [-0.15, -0.1) is 0 Å². The SMILES string of the molecule is CC1C2C=CC(O2)C1C.CCCCCCOC(=O)C1C2C=CC(O2)C1C(=O)OCC.CCCCOC(=O)C1C2C=CC(O2)C1C(=O)OCCCC.COC(=O)C1C2C=CC(O2)C1C(=O)OC. The van der Waals surface area contributed by atoms with Gasteiger partial charge >= 0.3 is 35.8 Å². The summed E-state index contributed by atoms with van der Waals surface area (Å²) >= 11 is 0. The highest BCUT2D eigenvalue weighted by atomic mass is 16.6. The first-order chi connectivity index (χ1) is 31.8. The molecule has 16 atom stereocenters. The van der Waals surface area contributed by atoms with E-state index in [1.165, 1.54) is 14.2 Å². The summed E-state index contributed by atoms with van der Waals surface area (Å²) in [6.07, 6.45) is 21.8. The highest BCUT2D eigenvalue weighted by Crippen LogP contribution is 2.43. The number of unbranched alkanes of at least 4 members (excludes halogenated alkanes) is 5. The van der Waals surface area contributed by atoms with Gasteiger partial charge in [0, 0.05) is 0 Å². The molecule has 16 unspecified atom stereocenters. The van der Waals surface area contributed by atoms with Gasteiger partial charge in [0.05, 0.1) is 89.5 Å². The number of ether oxygens (including phenoxy) is 10. The molecule has 66 heavy (non-hydrogen) atoms. The quantitative estimate of drug-likeness (QED) is 0.0673. The van der Waals surface area contributed by atoms with Crippen molar-refractivity contribution in [3.63, 3.8) is 0 Å². The molecule has 4 fully saturated rings. The summed E-state index contributed by atoms with van der Waals surface area (Å²) in [5.74, 6) is -4.20. The summed E-state index contributed by atoms with van der Waals surface area (Å²) in [6, 6.07) is 0. The Morgan fingerprint density at radius 3 is 0.909 bits per heavy atom. The van der Waals surface area contributed by atoms with Crippen molar-refractivity contribution in [3.8, 4) is 0 Å². The third-order valence-electron chi connectivity index (χ3n) is 13.4. The molecule has 0 saturated carbocycles. The zero-order valence-electron chi connectivity index (χ0n) is 39.9. The molecule has 0 amide bonds. The molecule has 8 aliphatic heterocycles. The van der Waals surface area contributed by atoms with Crippen molar-refractivity contribution in [2.24, 2.45) is 47.3 Å². The molecule has 8 aliphatic rings. The maximum Gasteiger partial charge on any atom is 0.312 e. The summed E-state index contributed by atoms with van der Waals surface area (Å²) in [7, 11) is 2.60. The highest BCUT2D eigenvalue weighted by molar-refractivity contribution is 5.86. The maximum atomic E-state index is 12.2. The minimum Gasteiger partial charge on any atom is -0.469 e. The standard InChI is InChI=1S/2C16H24O5.C10H12O5.C8H12O/c1-3-5-6-7-10-20-16(18)14-12-9-8-11(21-12)13(14)15(17)19-4-2;1-3-5-9-19-15(17)13-11-7-8-12(21-11)14(13)16(18)20-10-6-4-2;1-13-9(11)7-5-3-4-6(15-5)8(7)10(12)14-2;1-5-6(2)8-4-3-7(5)9-8/h8-9,11-14H,3-7,10H2,1-2H3;7-8,11-14H,3-6,9-10H2,1-2H3;3-8H,1-2H3;3-8H,1-2H3. The zero-order valence-corrected chi connectivity index (χ0v) is 39.9. The van der Waals surface area contributed by atoms with Gasteiger partial charge in [-0.2, -0.15) is 0 Å². The minimum atomic E-state index is -0.572. The number of hydrogen-bond acceptors (Lipinski definition) is 16. The van der Waals surface area contributed by atoms with E-state index in [0.29, 0.717) is 38.6 Å². The van der Waals surface area contributed by atoms with Crippen molar-refractivity contribution in [2.75, 3.05) is 40.6 Å². The maximum absolute atomic E-state index is 12.2. The van der Waals surface area contributed by atoms with E-state index in [0.717, 1.165) is 63.2 Å². The van der Waals surface area contributed by atoms with Crippen LogP contribution in [0.4, 0.5) is 0 Å². The van der Waals surface area contributed by atoms with E-state index in [-0.39, 0.29) is 60.5 Å². The zero-order chi connectivity index (χ0) is 47.9. The Morgan fingerprint density at radius 1 is 0.364 bits per heavy atom. The number of esters is 6. The highest BCUT2D eigenvalue weighted by Gasteiger charge is 2.56. The molecule has 8 rings (SSSR count). The molecule has 0 aliphatic carbocycles. The number of carbonyl (C=O) groups excluding carboxylic acids is 6. The number of fused-ring (bicyclic) bond motifs is 8.